The van der Waals surface area contributed by atoms with Crippen molar-refractivity contribution >= 4 is 11.9 Å². The molecule has 0 bridgehead atoms. The number of ether oxygens (including phenoxy) is 1. The summed E-state index contributed by atoms with van der Waals surface area (Å²) in [5.41, 5.74) is 0. The highest BCUT2D eigenvalue weighted by Crippen LogP contribution is 2.17. The zero-order valence-electron chi connectivity index (χ0n) is 49.6. The topological polar surface area (TPSA) is 95.9 Å². The summed E-state index contributed by atoms with van der Waals surface area (Å²) in [6.07, 6.45) is 81.4. The molecule has 0 radical (unpaired) electrons. The van der Waals surface area contributed by atoms with Crippen molar-refractivity contribution in [1.82, 2.24) is 5.32 Å². The van der Waals surface area contributed by atoms with Crippen molar-refractivity contribution in [1.29, 1.82) is 0 Å². The molecule has 0 aromatic rings. The minimum Gasteiger partial charge on any atom is -0.466 e. The molecule has 3 N–H and O–H groups in total. The zero-order chi connectivity index (χ0) is 53.6. The minimum atomic E-state index is -0.664. The summed E-state index contributed by atoms with van der Waals surface area (Å²) in [5.74, 6) is -0.0376. The van der Waals surface area contributed by atoms with E-state index in [2.05, 4.69) is 67.8 Å². The second-order valence-corrected chi connectivity index (χ2v) is 22.4. The highest BCUT2D eigenvalue weighted by molar-refractivity contribution is 5.76. The molecule has 0 saturated carbocycles. The van der Waals surface area contributed by atoms with Crippen LogP contribution in [0.25, 0.3) is 0 Å². The van der Waals surface area contributed by atoms with Crippen molar-refractivity contribution in [2.45, 2.75) is 360 Å². The lowest BCUT2D eigenvalue weighted by Crippen LogP contribution is -2.45. The first-order valence-corrected chi connectivity index (χ1v) is 32.9. The Labute approximate surface area is 461 Å². The van der Waals surface area contributed by atoms with Crippen LogP contribution in [0.3, 0.4) is 0 Å². The lowest BCUT2D eigenvalue weighted by atomic mass is 10.0. The molecule has 0 aliphatic rings. The van der Waals surface area contributed by atoms with E-state index in [0.29, 0.717) is 25.9 Å². The van der Waals surface area contributed by atoms with Crippen molar-refractivity contribution in [3.63, 3.8) is 0 Å². The molecule has 2 unspecified atom stereocenters. The predicted octanol–water partition coefficient (Wildman–Crippen LogP) is 20.9. The quantitative estimate of drug-likeness (QED) is 0.0320. The second kappa shape index (κ2) is 63.4. The number of rotatable bonds is 61. The SMILES string of the molecule is CCCCCC/C=C\C/C=C\CCCCCCCC(=O)OCCCCCCCCCCC/C=C\C/C=C\CCCCCCCCCCCCCCCC(=O)NC(CO)C(O)CCCCCCCCCCCCCC. The third-order valence-electron chi connectivity index (χ3n) is 15.1. The molecular weight excluding hydrogens is 911 g/mol. The fourth-order valence-electron chi connectivity index (χ4n) is 10.1. The van der Waals surface area contributed by atoms with Crippen molar-refractivity contribution < 1.29 is 24.5 Å². The number of hydrogen-bond acceptors (Lipinski definition) is 5. The predicted molar refractivity (Wildman–Crippen MR) is 324 cm³/mol. The maximum atomic E-state index is 12.5. The van der Waals surface area contributed by atoms with E-state index in [0.717, 1.165) is 57.8 Å². The Bertz CT molecular complexity index is 1240. The Morgan fingerprint density at radius 2 is 0.676 bits per heavy atom. The molecule has 6 nitrogen and oxygen atoms in total. The molecule has 2 atom stereocenters. The van der Waals surface area contributed by atoms with Crippen LogP contribution in [0.2, 0.25) is 0 Å². The van der Waals surface area contributed by atoms with Crippen molar-refractivity contribution in [3.8, 4) is 0 Å². The second-order valence-electron chi connectivity index (χ2n) is 22.4. The average molecular weight is 1040 g/mol. The number of amides is 1. The van der Waals surface area contributed by atoms with E-state index in [1.165, 1.54) is 257 Å². The molecule has 0 rings (SSSR count). The molecule has 74 heavy (non-hydrogen) atoms. The maximum Gasteiger partial charge on any atom is 0.305 e. The Morgan fingerprint density at radius 3 is 1.04 bits per heavy atom. The minimum absolute atomic E-state index is 0.00164. The summed E-state index contributed by atoms with van der Waals surface area (Å²) in [6, 6.07) is -0.542. The van der Waals surface area contributed by atoms with Gasteiger partial charge in [0.05, 0.1) is 25.4 Å². The zero-order valence-corrected chi connectivity index (χ0v) is 49.6. The van der Waals surface area contributed by atoms with E-state index in [-0.39, 0.29) is 18.5 Å². The Balaban J connectivity index is 3.40. The number of allylic oxidation sites excluding steroid dienone is 8. The van der Waals surface area contributed by atoms with Crippen LogP contribution in [0.1, 0.15) is 348 Å². The molecule has 0 aromatic carbocycles. The number of unbranched alkanes of at least 4 members (excludes halogenated alkanes) is 42. The van der Waals surface area contributed by atoms with Gasteiger partial charge in [-0.3, -0.25) is 9.59 Å². The molecule has 0 aliphatic heterocycles. The van der Waals surface area contributed by atoms with Crippen LogP contribution in [-0.2, 0) is 14.3 Å². The van der Waals surface area contributed by atoms with E-state index < -0.39 is 12.1 Å². The average Bonchev–Trinajstić information content (AvgIpc) is 3.40. The van der Waals surface area contributed by atoms with Crippen LogP contribution in [0.4, 0.5) is 0 Å². The highest BCUT2D eigenvalue weighted by Gasteiger charge is 2.20. The van der Waals surface area contributed by atoms with E-state index in [1.54, 1.807) is 0 Å². The van der Waals surface area contributed by atoms with Crippen LogP contribution >= 0.6 is 0 Å². The number of nitrogens with one attached hydrogen (secondary N) is 1. The van der Waals surface area contributed by atoms with Gasteiger partial charge in [0.2, 0.25) is 5.91 Å². The van der Waals surface area contributed by atoms with E-state index >= 15 is 0 Å². The molecule has 0 saturated heterocycles. The smallest absolute Gasteiger partial charge is 0.305 e. The molecule has 0 aliphatic carbocycles. The van der Waals surface area contributed by atoms with Crippen molar-refractivity contribution in [2.75, 3.05) is 13.2 Å². The normalized spacial score (nSPS) is 12.9. The third kappa shape index (κ3) is 59.1. The van der Waals surface area contributed by atoms with E-state index in [1.807, 2.05) is 0 Å². The lowest BCUT2D eigenvalue weighted by Gasteiger charge is -2.22. The first-order chi connectivity index (χ1) is 36.5. The number of esters is 1. The third-order valence-corrected chi connectivity index (χ3v) is 15.1. The summed E-state index contributed by atoms with van der Waals surface area (Å²) in [6.45, 7) is 4.93. The summed E-state index contributed by atoms with van der Waals surface area (Å²) in [7, 11) is 0. The number of hydrogen-bond donors (Lipinski definition) is 3. The Kier molecular flexibility index (Phi) is 61.5. The van der Waals surface area contributed by atoms with Gasteiger partial charge < -0.3 is 20.3 Å². The lowest BCUT2D eigenvalue weighted by molar-refractivity contribution is -0.143. The summed E-state index contributed by atoms with van der Waals surface area (Å²) < 4.78 is 5.48. The fraction of sp³-hybridized carbons (Fsp3) is 0.853. The number of carbonyl (C=O) groups is 2. The number of aliphatic hydroxyl groups excluding tert-OH is 2. The maximum absolute atomic E-state index is 12.5. The van der Waals surface area contributed by atoms with E-state index in [9.17, 15) is 19.8 Å². The molecule has 1 amide bonds. The number of aliphatic hydroxyl groups is 2. The first kappa shape index (κ1) is 71.8. The van der Waals surface area contributed by atoms with Gasteiger partial charge in [0.25, 0.3) is 0 Å². The van der Waals surface area contributed by atoms with Crippen LogP contribution in [0.15, 0.2) is 48.6 Å². The molecule has 0 spiro atoms. The number of carbonyl (C=O) groups excluding carboxylic acids is 2. The van der Waals surface area contributed by atoms with Gasteiger partial charge in [-0.15, -0.1) is 0 Å². The van der Waals surface area contributed by atoms with Crippen LogP contribution in [-0.4, -0.2) is 47.4 Å². The van der Waals surface area contributed by atoms with Gasteiger partial charge in [0.15, 0.2) is 0 Å². The van der Waals surface area contributed by atoms with Gasteiger partial charge in [0, 0.05) is 12.8 Å². The fourth-order valence-corrected chi connectivity index (χ4v) is 10.1. The molecular formula is C68H127NO5. The van der Waals surface area contributed by atoms with Gasteiger partial charge in [0.1, 0.15) is 0 Å². The van der Waals surface area contributed by atoms with E-state index in [4.69, 9.17) is 4.74 Å². The van der Waals surface area contributed by atoms with Gasteiger partial charge in [-0.1, -0.05) is 294 Å². The standard InChI is InChI=1S/C68H127NO5/c1-3-5-7-9-11-13-15-17-18-35-38-42-46-50-54-58-62-68(73)74-63-59-55-51-47-43-39-36-33-31-29-27-25-23-21-19-20-22-24-26-28-30-32-34-37-41-45-49-53-57-61-67(72)69-65(64-70)66(71)60-56-52-48-44-40-16-14-12-10-8-6-4-2/h13,15,18-19,21,25,27,35,65-66,70-71H,3-12,14,16-17,20,22-24,26,28-34,36-64H2,1-2H3,(H,69,72)/b15-13-,21-19-,27-25-,35-18-. The first-order valence-electron chi connectivity index (χ1n) is 32.9. The summed E-state index contributed by atoms with van der Waals surface area (Å²) in [4.78, 5) is 24.5. The van der Waals surface area contributed by atoms with Crippen molar-refractivity contribution in [2.24, 2.45) is 0 Å². The Hall–Kier alpha value is -2.18. The van der Waals surface area contributed by atoms with Crippen LogP contribution in [0, 0.1) is 0 Å². The summed E-state index contributed by atoms with van der Waals surface area (Å²) >= 11 is 0. The molecule has 6 heteroatoms. The van der Waals surface area contributed by atoms with Crippen LogP contribution in [0.5, 0.6) is 0 Å². The van der Waals surface area contributed by atoms with Gasteiger partial charge in [-0.25, -0.2) is 0 Å². The van der Waals surface area contributed by atoms with Gasteiger partial charge in [-0.05, 0) is 89.9 Å². The molecule has 0 fully saturated rings. The van der Waals surface area contributed by atoms with Gasteiger partial charge in [-0.2, -0.15) is 0 Å². The Morgan fingerprint density at radius 1 is 0.378 bits per heavy atom. The molecule has 434 valence electrons. The molecule has 0 aromatic heterocycles. The van der Waals surface area contributed by atoms with Crippen LogP contribution < -0.4 is 5.32 Å². The monoisotopic (exact) mass is 1040 g/mol. The highest BCUT2D eigenvalue weighted by atomic mass is 16.5. The molecule has 0 heterocycles. The largest absolute Gasteiger partial charge is 0.466 e. The summed E-state index contributed by atoms with van der Waals surface area (Å²) in [5, 5.41) is 23.2. The van der Waals surface area contributed by atoms with Crippen molar-refractivity contribution in [3.05, 3.63) is 48.6 Å². The van der Waals surface area contributed by atoms with Gasteiger partial charge >= 0.3 is 5.97 Å².